The fourth-order valence-corrected chi connectivity index (χ4v) is 2.87. The van der Waals surface area contributed by atoms with Crippen molar-refractivity contribution in [1.29, 1.82) is 0 Å². The van der Waals surface area contributed by atoms with Crippen LogP contribution in [0.4, 0.5) is 4.39 Å². The summed E-state index contributed by atoms with van der Waals surface area (Å²) in [5.41, 5.74) is 1.40. The molecule has 92 valence electrons. The van der Waals surface area contributed by atoms with Crippen molar-refractivity contribution in [3.05, 3.63) is 35.1 Å². The maximum Gasteiger partial charge on any atom is 0.167 e. The third kappa shape index (κ3) is 1.62. The van der Waals surface area contributed by atoms with Gasteiger partial charge in [0.05, 0.1) is 0 Å². The van der Waals surface area contributed by atoms with Crippen LogP contribution in [0.2, 0.25) is 0 Å². The highest BCUT2D eigenvalue weighted by Gasteiger charge is 2.67. The number of halogens is 1. The van der Waals surface area contributed by atoms with E-state index in [4.69, 9.17) is 0 Å². The van der Waals surface area contributed by atoms with Gasteiger partial charge in [-0.2, -0.15) is 0 Å². The third-order valence-electron chi connectivity index (χ3n) is 4.75. The fraction of sp³-hybridized carbons (Fsp3) is 0.533. The molecule has 1 aromatic rings. The van der Waals surface area contributed by atoms with Gasteiger partial charge in [-0.3, -0.25) is 4.79 Å². The zero-order chi connectivity index (χ0) is 13.0. The lowest BCUT2D eigenvalue weighted by Gasteiger charge is -2.06. The van der Waals surface area contributed by atoms with Crippen LogP contribution in [0.25, 0.3) is 0 Å². The molecule has 0 heterocycles. The summed E-state index contributed by atoms with van der Waals surface area (Å²) in [4.78, 5) is 12.4. The average molecular weight is 234 g/mol. The van der Waals surface area contributed by atoms with E-state index in [1.54, 1.807) is 6.07 Å². The molecule has 0 unspecified atom stereocenters. The highest BCUT2D eigenvalue weighted by atomic mass is 19.1. The molecule has 17 heavy (non-hydrogen) atoms. The smallest absolute Gasteiger partial charge is 0.167 e. The second kappa shape index (κ2) is 3.41. The standard InChI is InChI=1S/C15H19FO/c1-9-6-7-10(16)8-11(9)12(17)13-14(2,3)15(13,4)5/h6-8,13H,1-5H3. The van der Waals surface area contributed by atoms with Crippen LogP contribution in [-0.2, 0) is 0 Å². The summed E-state index contributed by atoms with van der Waals surface area (Å²) in [6.07, 6.45) is 0. The van der Waals surface area contributed by atoms with Crippen molar-refractivity contribution in [1.82, 2.24) is 0 Å². The minimum Gasteiger partial charge on any atom is -0.294 e. The highest BCUT2D eigenvalue weighted by Crippen LogP contribution is 2.69. The average Bonchev–Trinajstić information content (AvgIpc) is 2.61. The second-order valence-electron chi connectivity index (χ2n) is 6.20. The summed E-state index contributed by atoms with van der Waals surface area (Å²) in [5.74, 6) is -0.261. The summed E-state index contributed by atoms with van der Waals surface area (Å²) in [5, 5.41) is 0. The number of benzene rings is 1. The van der Waals surface area contributed by atoms with E-state index < -0.39 is 0 Å². The Kier molecular flexibility index (Phi) is 2.46. The van der Waals surface area contributed by atoms with Gasteiger partial charge in [-0.05, 0) is 35.4 Å². The van der Waals surface area contributed by atoms with Crippen molar-refractivity contribution in [2.75, 3.05) is 0 Å². The Labute approximate surface area is 102 Å². The van der Waals surface area contributed by atoms with Crippen molar-refractivity contribution in [2.45, 2.75) is 34.6 Å². The molecule has 1 saturated carbocycles. The molecule has 1 aliphatic rings. The third-order valence-corrected chi connectivity index (χ3v) is 4.75. The number of aryl methyl sites for hydroxylation is 1. The molecular weight excluding hydrogens is 215 g/mol. The number of ketones is 1. The summed E-state index contributed by atoms with van der Waals surface area (Å²) < 4.78 is 13.2. The van der Waals surface area contributed by atoms with Crippen LogP contribution in [-0.4, -0.2) is 5.78 Å². The van der Waals surface area contributed by atoms with Gasteiger partial charge in [0.25, 0.3) is 0 Å². The topological polar surface area (TPSA) is 17.1 Å². The number of rotatable bonds is 2. The molecule has 0 spiro atoms. The largest absolute Gasteiger partial charge is 0.294 e. The Balaban J connectivity index is 2.38. The Morgan fingerprint density at radius 3 is 2.18 bits per heavy atom. The predicted molar refractivity (Wildman–Crippen MR) is 66.5 cm³/mol. The molecule has 2 heteroatoms. The maximum absolute atomic E-state index is 13.2. The SMILES string of the molecule is Cc1ccc(F)cc1C(=O)C1C(C)(C)C1(C)C. The molecule has 0 N–H and O–H groups in total. The van der Waals surface area contributed by atoms with Crippen molar-refractivity contribution in [3.63, 3.8) is 0 Å². The molecule has 0 amide bonds. The van der Waals surface area contributed by atoms with Crippen LogP contribution in [0.3, 0.4) is 0 Å². The van der Waals surface area contributed by atoms with E-state index in [2.05, 4.69) is 27.7 Å². The van der Waals surface area contributed by atoms with Crippen LogP contribution >= 0.6 is 0 Å². The Hall–Kier alpha value is -1.18. The first-order valence-electron chi connectivity index (χ1n) is 6.00. The predicted octanol–water partition coefficient (Wildman–Crippen LogP) is 4.00. The van der Waals surface area contributed by atoms with Crippen molar-refractivity contribution in [3.8, 4) is 0 Å². The molecule has 2 rings (SSSR count). The number of carbonyl (C=O) groups is 1. The Morgan fingerprint density at radius 2 is 1.71 bits per heavy atom. The number of carbonyl (C=O) groups excluding carboxylic acids is 1. The quantitative estimate of drug-likeness (QED) is 0.707. The van der Waals surface area contributed by atoms with Crippen molar-refractivity contribution in [2.24, 2.45) is 16.7 Å². The molecule has 0 bridgehead atoms. The van der Waals surface area contributed by atoms with Crippen LogP contribution in [0, 0.1) is 29.5 Å². The van der Waals surface area contributed by atoms with Gasteiger partial charge in [0, 0.05) is 11.5 Å². The lowest BCUT2D eigenvalue weighted by atomic mass is 9.97. The van der Waals surface area contributed by atoms with E-state index in [1.165, 1.54) is 12.1 Å². The van der Waals surface area contributed by atoms with Gasteiger partial charge in [0.2, 0.25) is 0 Å². The van der Waals surface area contributed by atoms with Crippen LogP contribution in [0.15, 0.2) is 18.2 Å². The van der Waals surface area contributed by atoms with E-state index in [9.17, 15) is 9.18 Å². The van der Waals surface area contributed by atoms with Crippen LogP contribution in [0.1, 0.15) is 43.6 Å². The molecule has 1 aliphatic carbocycles. The van der Waals surface area contributed by atoms with Gasteiger partial charge in [-0.15, -0.1) is 0 Å². The first-order chi connectivity index (χ1) is 7.69. The normalized spacial score (nSPS) is 21.3. The zero-order valence-electron chi connectivity index (χ0n) is 11.1. The van der Waals surface area contributed by atoms with Gasteiger partial charge in [0.1, 0.15) is 5.82 Å². The van der Waals surface area contributed by atoms with Gasteiger partial charge < -0.3 is 0 Å². The lowest BCUT2D eigenvalue weighted by molar-refractivity contribution is 0.0944. The van der Waals surface area contributed by atoms with Crippen LogP contribution < -0.4 is 0 Å². The summed E-state index contributed by atoms with van der Waals surface area (Å²) in [6, 6.07) is 4.43. The molecule has 1 aromatic carbocycles. The van der Waals surface area contributed by atoms with Crippen molar-refractivity contribution >= 4 is 5.78 Å². The van der Waals surface area contributed by atoms with E-state index in [0.717, 1.165) is 5.56 Å². The molecule has 0 aliphatic heterocycles. The van der Waals surface area contributed by atoms with E-state index >= 15 is 0 Å². The summed E-state index contributed by atoms with van der Waals surface area (Å²) in [6.45, 7) is 10.3. The molecule has 0 atom stereocenters. The molecule has 0 aromatic heterocycles. The van der Waals surface area contributed by atoms with Gasteiger partial charge in [-0.25, -0.2) is 4.39 Å². The monoisotopic (exact) mass is 234 g/mol. The first-order valence-corrected chi connectivity index (χ1v) is 6.00. The van der Waals surface area contributed by atoms with Gasteiger partial charge >= 0.3 is 0 Å². The highest BCUT2D eigenvalue weighted by molar-refractivity contribution is 6.02. The summed E-state index contributed by atoms with van der Waals surface area (Å²) >= 11 is 0. The molecular formula is C15H19FO. The number of hydrogen-bond donors (Lipinski definition) is 0. The van der Waals surface area contributed by atoms with E-state index in [1.807, 2.05) is 6.92 Å². The Morgan fingerprint density at radius 1 is 1.18 bits per heavy atom. The number of hydrogen-bond acceptors (Lipinski definition) is 1. The molecule has 0 radical (unpaired) electrons. The van der Waals surface area contributed by atoms with Gasteiger partial charge in [-0.1, -0.05) is 33.8 Å². The molecule has 1 fully saturated rings. The van der Waals surface area contributed by atoms with E-state index in [-0.39, 0.29) is 28.3 Å². The lowest BCUT2D eigenvalue weighted by Crippen LogP contribution is -2.09. The minimum absolute atomic E-state index is 0.00282. The van der Waals surface area contributed by atoms with Crippen LogP contribution in [0.5, 0.6) is 0 Å². The maximum atomic E-state index is 13.2. The number of Topliss-reactive ketones (excluding diaryl/α,β-unsaturated/α-hetero) is 1. The molecule has 0 saturated heterocycles. The second-order valence-corrected chi connectivity index (χ2v) is 6.20. The first kappa shape index (κ1) is 12.3. The summed E-state index contributed by atoms with van der Waals surface area (Å²) in [7, 11) is 0. The van der Waals surface area contributed by atoms with Crippen molar-refractivity contribution < 1.29 is 9.18 Å². The van der Waals surface area contributed by atoms with Gasteiger partial charge in [0.15, 0.2) is 5.78 Å². The Bertz CT molecular complexity index is 472. The minimum atomic E-state index is -0.338. The fourth-order valence-electron chi connectivity index (χ4n) is 2.87. The zero-order valence-corrected chi connectivity index (χ0v) is 11.1. The molecule has 1 nitrogen and oxygen atoms in total. The van der Waals surface area contributed by atoms with E-state index in [0.29, 0.717) is 5.56 Å².